The molecular formula is C16H24N4O. The van der Waals surface area contributed by atoms with Crippen molar-refractivity contribution >= 4 is 5.82 Å². The normalized spacial score (nSPS) is 16.4. The van der Waals surface area contributed by atoms with Crippen molar-refractivity contribution in [1.82, 2.24) is 4.98 Å². The smallest absolute Gasteiger partial charge is 0.144 e. The Morgan fingerprint density at radius 2 is 2.14 bits per heavy atom. The second-order valence-corrected chi connectivity index (χ2v) is 6.38. The van der Waals surface area contributed by atoms with E-state index in [9.17, 15) is 5.26 Å². The lowest BCUT2D eigenvalue weighted by molar-refractivity contribution is -0.0407. The van der Waals surface area contributed by atoms with Gasteiger partial charge >= 0.3 is 0 Å². The van der Waals surface area contributed by atoms with Crippen LogP contribution in [0.15, 0.2) is 0 Å². The topological polar surface area (TPSA) is 84.0 Å². The predicted octanol–water partition coefficient (Wildman–Crippen LogP) is 2.30. The zero-order valence-corrected chi connectivity index (χ0v) is 13.3. The summed E-state index contributed by atoms with van der Waals surface area (Å²) in [6, 6.07) is 2.32. The molecule has 1 aliphatic heterocycles. The van der Waals surface area contributed by atoms with Crippen molar-refractivity contribution < 1.29 is 4.74 Å². The zero-order valence-electron chi connectivity index (χ0n) is 13.3. The number of ether oxygens (including phenoxy) is 1. The second-order valence-electron chi connectivity index (χ2n) is 6.38. The first-order chi connectivity index (χ1) is 9.89. The number of nitriles is 1. The van der Waals surface area contributed by atoms with E-state index in [-0.39, 0.29) is 11.5 Å². The number of hydrogen-bond donors (Lipinski definition) is 2. The van der Waals surface area contributed by atoms with Gasteiger partial charge in [0.2, 0.25) is 0 Å². The molecule has 0 spiro atoms. The van der Waals surface area contributed by atoms with Crippen molar-refractivity contribution in [1.29, 1.82) is 5.26 Å². The molecule has 2 heterocycles. The lowest BCUT2D eigenvalue weighted by atomic mass is 9.86. The maximum Gasteiger partial charge on any atom is 0.144 e. The van der Waals surface area contributed by atoms with E-state index in [1.165, 1.54) is 0 Å². The summed E-state index contributed by atoms with van der Waals surface area (Å²) in [4.78, 5) is 4.67. The minimum absolute atomic E-state index is 0.251. The van der Waals surface area contributed by atoms with Crippen LogP contribution in [0.3, 0.4) is 0 Å². The highest BCUT2D eigenvalue weighted by Crippen LogP contribution is 2.36. The molecule has 0 bridgehead atoms. The van der Waals surface area contributed by atoms with Gasteiger partial charge in [0, 0.05) is 25.1 Å². The maximum absolute atomic E-state index is 9.57. The van der Waals surface area contributed by atoms with Gasteiger partial charge in [0.25, 0.3) is 0 Å². The van der Waals surface area contributed by atoms with Crippen molar-refractivity contribution in [2.24, 2.45) is 5.73 Å². The number of anilines is 1. The minimum Gasteiger partial charge on any atom is -0.370 e. The molecule has 0 fully saturated rings. The molecule has 0 saturated carbocycles. The summed E-state index contributed by atoms with van der Waals surface area (Å²) in [6.07, 6.45) is 0.727. The van der Waals surface area contributed by atoms with E-state index < -0.39 is 0 Å². The first kappa shape index (κ1) is 15.7. The summed E-state index contributed by atoms with van der Waals surface area (Å²) in [6.45, 7) is 9.98. The molecule has 3 N–H and O–H groups in total. The van der Waals surface area contributed by atoms with Crippen molar-refractivity contribution in [3.63, 3.8) is 0 Å². The third kappa shape index (κ3) is 3.17. The van der Waals surface area contributed by atoms with Gasteiger partial charge in [-0.1, -0.05) is 13.8 Å². The number of rotatable bonds is 4. The fraction of sp³-hybridized carbons (Fsp3) is 0.625. The van der Waals surface area contributed by atoms with Crippen LogP contribution in [0.4, 0.5) is 5.82 Å². The molecule has 1 aromatic rings. The molecule has 0 amide bonds. The minimum atomic E-state index is -0.251. The quantitative estimate of drug-likeness (QED) is 0.888. The van der Waals surface area contributed by atoms with Crippen molar-refractivity contribution in [2.45, 2.75) is 52.2 Å². The van der Waals surface area contributed by atoms with E-state index >= 15 is 0 Å². The van der Waals surface area contributed by atoms with Gasteiger partial charge in [-0.25, -0.2) is 4.98 Å². The van der Waals surface area contributed by atoms with E-state index in [1.54, 1.807) is 0 Å². The SMILES string of the molecule is CC(C)c1nc(NCCN)c(C#N)c2c1COC(C)(C)C2. The van der Waals surface area contributed by atoms with Gasteiger partial charge in [0.05, 0.1) is 23.5 Å². The maximum atomic E-state index is 9.57. The van der Waals surface area contributed by atoms with Gasteiger partial charge in [-0.2, -0.15) is 5.26 Å². The molecule has 0 unspecified atom stereocenters. The van der Waals surface area contributed by atoms with Crippen LogP contribution in [0.25, 0.3) is 0 Å². The van der Waals surface area contributed by atoms with Gasteiger partial charge in [-0.05, 0) is 25.3 Å². The van der Waals surface area contributed by atoms with E-state index in [1.807, 2.05) is 0 Å². The number of pyridine rings is 1. The molecule has 114 valence electrons. The molecule has 2 rings (SSSR count). The zero-order chi connectivity index (χ0) is 15.6. The van der Waals surface area contributed by atoms with Gasteiger partial charge < -0.3 is 15.8 Å². The van der Waals surface area contributed by atoms with E-state index in [4.69, 9.17) is 10.5 Å². The van der Waals surface area contributed by atoms with Crippen LogP contribution in [-0.4, -0.2) is 23.7 Å². The number of fused-ring (bicyclic) bond motifs is 1. The van der Waals surface area contributed by atoms with Crippen molar-refractivity contribution in [3.8, 4) is 6.07 Å². The number of hydrogen-bond acceptors (Lipinski definition) is 5. The number of nitrogens with one attached hydrogen (secondary N) is 1. The van der Waals surface area contributed by atoms with E-state index in [0.29, 0.717) is 31.1 Å². The van der Waals surface area contributed by atoms with Gasteiger partial charge in [-0.3, -0.25) is 0 Å². The highest BCUT2D eigenvalue weighted by molar-refractivity contribution is 5.60. The molecule has 1 aliphatic rings. The van der Waals surface area contributed by atoms with Crippen molar-refractivity contribution in [3.05, 3.63) is 22.4 Å². The summed E-state index contributed by atoms with van der Waals surface area (Å²) in [5.74, 6) is 0.942. The molecule has 1 aromatic heterocycles. The summed E-state index contributed by atoms with van der Waals surface area (Å²) in [5, 5.41) is 12.8. The monoisotopic (exact) mass is 288 g/mol. The van der Waals surface area contributed by atoms with Gasteiger partial charge in [0.1, 0.15) is 11.9 Å². The Bertz CT molecular complexity index is 573. The first-order valence-corrected chi connectivity index (χ1v) is 7.43. The molecule has 0 aromatic carbocycles. The largest absolute Gasteiger partial charge is 0.370 e. The average Bonchev–Trinajstić information content (AvgIpc) is 2.42. The molecule has 0 atom stereocenters. The van der Waals surface area contributed by atoms with Gasteiger partial charge in [-0.15, -0.1) is 0 Å². The number of aromatic nitrogens is 1. The summed E-state index contributed by atoms with van der Waals surface area (Å²) in [5.41, 5.74) is 9.11. The summed E-state index contributed by atoms with van der Waals surface area (Å²) >= 11 is 0. The molecule has 5 heteroatoms. The van der Waals surface area contributed by atoms with Crippen LogP contribution < -0.4 is 11.1 Å². The Hall–Kier alpha value is -1.64. The standard InChI is InChI=1S/C16H24N4O/c1-10(2)14-13-9-21-16(3,4)7-11(13)12(8-18)15(20-14)19-6-5-17/h10H,5-7,9,17H2,1-4H3,(H,19,20). The number of nitrogens with two attached hydrogens (primary N) is 1. The van der Waals surface area contributed by atoms with Crippen LogP contribution in [0.2, 0.25) is 0 Å². The lowest BCUT2D eigenvalue weighted by Crippen LogP contribution is -2.34. The summed E-state index contributed by atoms with van der Waals surface area (Å²) in [7, 11) is 0. The third-order valence-electron chi connectivity index (χ3n) is 3.75. The molecular weight excluding hydrogens is 264 g/mol. The molecule has 0 radical (unpaired) electrons. The third-order valence-corrected chi connectivity index (χ3v) is 3.75. The lowest BCUT2D eigenvalue weighted by Gasteiger charge is -2.34. The van der Waals surface area contributed by atoms with Crippen LogP contribution in [0, 0.1) is 11.3 Å². The average molecular weight is 288 g/mol. The molecule has 0 saturated heterocycles. The van der Waals surface area contributed by atoms with Crippen molar-refractivity contribution in [2.75, 3.05) is 18.4 Å². The van der Waals surface area contributed by atoms with E-state index in [2.05, 4.69) is 44.1 Å². The molecule has 0 aliphatic carbocycles. The summed E-state index contributed by atoms with van der Waals surface area (Å²) < 4.78 is 5.91. The Labute approximate surface area is 126 Å². The predicted molar refractivity (Wildman–Crippen MR) is 83.2 cm³/mol. The fourth-order valence-corrected chi connectivity index (χ4v) is 2.71. The Balaban J connectivity index is 2.60. The first-order valence-electron chi connectivity index (χ1n) is 7.43. The second kappa shape index (κ2) is 6.00. The molecule has 21 heavy (non-hydrogen) atoms. The Morgan fingerprint density at radius 3 is 2.71 bits per heavy atom. The highest BCUT2D eigenvalue weighted by atomic mass is 16.5. The van der Waals surface area contributed by atoms with Crippen LogP contribution in [0.1, 0.15) is 56.0 Å². The van der Waals surface area contributed by atoms with Crippen LogP contribution in [-0.2, 0) is 17.8 Å². The highest BCUT2D eigenvalue weighted by Gasteiger charge is 2.32. The van der Waals surface area contributed by atoms with Crippen LogP contribution >= 0.6 is 0 Å². The molecule has 5 nitrogen and oxygen atoms in total. The van der Waals surface area contributed by atoms with Crippen LogP contribution in [0.5, 0.6) is 0 Å². The van der Waals surface area contributed by atoms with E-state index in [0.717, 1.165) is 23.2 Å². The Kier molecular flexibility index (Phi) is 4.50. The van der Waals surface area contributed by atoms with Gasteiger partial charge in [0.15, 0.2) is 0 Å². The Morgan fingerprint density at radius 1 is 1.43 bits per heavy atom. The fourth-order valence-electron chi connectivity index (χ4n) is 2.71. The number of nitrogens with zero attached hydrogens (tertiary/aromatic N) is 2.